The minimum Gasteiger partial charge on any atom is -0.316 e. The van der Waals surface area contributed by atoms with Crippen LogP contribution >= 0.6 is 11.3 Å². The van der Waals surface area contributed by atoms with Crippen LogP contribution in [-0.4, -0.2) is 24.6 Å². The molecule has 2 N–H and O–H groups in total. The quantitative estimate of drug-likeness (QED) is 0.846. The van der Waals surface area contributed by atoms with Crippen molar-refractivity contribution in [1.29, 1.82) is 0 Å². The molecule has 0 aliphatic carbocycles. The third kappa shape index (κ3) is 3.76. The van der Waals surface area contributed by atoms with Crippen molar-refractivity contribution in [3.63, 3.8) is 0 Å². The Morgan fingerprint density at radius 1 is 1.59 bits per heavy atom. The predicted octanol–water partition coefficient (Wildman–Crippen LogP) is 2.36. The van der Waals surface area contributed by atoms with E-state index in [2.05, 4.69) is 29.5 Å². The Labute approximate surface area is 108 Å². The lowest BCUT2D eigenvalue weighted by Gasteiger charge is -2.27. The van der Waals surface area contributed by atoms with Gasteiger partial charge in [-0.05, 0) is 58.7 Å². The molecular formula is C13H23N3S. The Morgan fingerprint density at radius 2 is 2.47 bits per heavy atom. The molecule has 0 aromatic carbocycles. The number of aromatic nitrogens is 1. The summed E-state index contributed by atoms with van der Waals surface area (Å²) in [4.78, 5) is 4.40. The van der Waals surface area contributed by atoms with Gasteiger partial charge in [0.25, 0.3) is 0 Å². The van der Waals surface area contributed by atoms with Gasteiger partial charge in [-0.25, -0.2) is 4.98 Å². The predicted molar refractivity (Wildman–Crippen MR) is 73.4 cm³/mol. The van der Waals surface area contributed by atoms with Gasteiger partial charge in [-0.1, -0.05) is 0 Å². The molecule has 1 aliphatic heterocycles. The fourth-order valence-corrected chi connectivity index (χ4v) is 3.11. The first kappa shape index (κ1) is 13.0. The molecule has 96 valence electrons. The summed E-state index contributed by atoms with van der Waals surface area (Å²) in [6.07, 6.45) is 5.86. The maximum Gasteiger partial charge on any atom is 0.112 e. The summed E-state index contributed by atoms with van der Waals surface area (Å²) in [5.74, 6) is 0.850. The van der Waals surface area contributed by atoms with Crippen LogP contribution in [0.15, 0.2) is 11.6 Å². The van der Waals surface area contributed by atoms with Crippen LogP contribution in [0, 0.1) is 5.92 Å². The smallest absolute Gasteiger partial charge is 0.112 e. The number of piperidine rings is 1. The summed E-state index contributed by atoms with van der Waals surface area (Å²) in [6.45, 7) is 7.91. The topological polar surface area (TPSA) is 37.0 Å². The lowest BCUT2D eigenvalue weighted by Crippen LogP contribution is -2.39. The van der Waals surface area contributed by atoms with E-state index in [0.717, 1.165) is 12.5 Å². The molecule has 0 spiro atoms. The minimum atomic E-state index is 0.0102. The van der Waals surface area contributed by atoms with Crippen molar-refractivity contribution in [2.24, 2.45) is 5.92 Å². The highest BCUT2D eigenvalue weighted by molar-refractivity contribution is 7.09. The Balaban J connectivity index is 1.74. The van der Waals surface area contributed by atoms with Crippen molar-refractivity contribution in [3.8, 4) is 0 Å². The molecule has 1 fully saturated rings. The first-order valence-corrected chi connectivity index (χ1v) is 7.42. The second kappa shape index (κ2) is 5.94. The normalized spacial score (nSPS) is 21.6. The average molecular weight is 253 g/mol. The van der Waals surface area contributed by atoms with E-state index in [-0.39, 0.29) is 5.54 Å². The summed E-state index contributed by atoms with van der Waals surface area (Å²) in [7, 11) is 0. The standard InChI is InChI=1S/C13H23N3S/c1-13(2,12-15-8-9-17-12)16-7-5-11-4-3-6-14-10-11/h8-9,11,14,16H,3-7,10H2,1-2H3. The second-order valence-electron chi connectivity index (χ2n) is 5.39. The van der Waals surface area contributed by atoms with Gasteiger partial charge in [-0.3, -0.25) is 0 Å². The SMILES string of the molecule is CC(C)(NCCC1CCCNC1)c1nccs1. The molecule has 1 aromatic heterocycles. The van der Waals surface area contributed by atoms with Gasteiger partial charge in [0.2, 0.25) is 0 Å². The number of nitrogens with zero attached hydrogens (tertiary/aromatic N) is 1. The number of hydrogen-bond donors (Lipinski definition) is 2. The molecule has 0 bridgehead atoms. The van der Waals surface area contributed by atoms with Crippen LogP contribution in [-0.2, 0) is 5.54 Å². The third-order valence-electron chi connectivity index (χ3n) is 3.49. The Morgan fingerprint density at radius 3 is 3.12 bits per heavy atom. The van der Waals surface area contributed by atoms with E-state index >= 15 is 0 Å². The maximum atomic E-state index is 4.40. The molecule has 4 heteroatoms. The molecule has 0 saturated carbocycles. The van der Waals surface area contributed by atoms with Gasteiger partial charge in [-0.15, -0.1) is 11.3 Å². The maximum absolute atomic E-state index is 4.40. The zero-order valence-corrected chi connectivity index (χ0v) is 11.6. The molecule has 0 amide bonds. The van der Waals surface area contributed by atoms with Gasteiger partial charge in [0.05, 0.1) is 5.54 Å². The Bertz CT molecular complexity index is 315. The van der Waals surface area contributed by atoms with E-state index < -0.39 is 0 Å². The zero-order chi connectivity index (χ0) is 12.1. The van der Waals surface area contributed by atoms with Gasteiger partial charge in [0.1, 0.15) is 5.01 Å². The fourth-order valence-electron chi connectivity index (χ4n) is 2.37. The van der Waals surface area contributed by atoms with Crippen molar-refractivity contribution < 1.29 is 0 Å². The average Bonchev–Trinajstić information content (AvgIpc) is 2.84. The molecule has 3 nitrogen and oxygen atoms in total. The fraction of sp³-hybridized carbons (Fsp3) is 0.769. The molecule has 1 unspecified atom stereocenters. The van der Waals surface area contributed by atoms with Crippen molar-refractivity contribution in [3.05, 3.63) is 16.6 Å². The largest absolute Gasteiger partial charge is 0.316 e. The lowest BCUT2D eigenvalue weighted by molar-refractivity contribution is 0.323. The Kier molecular flexibility index (Phi) is 4.54. The highest BCUT2D eigenvalue weighted by Gasteiger charge is 2.22. The number of nitrogens with one attached hydrogen (secondary N) is 2. The van der Waals surface area contributed by atoms with Gasteiger partial charge < -0.3 is 10.6 Å². The van der Waals surface area contributed by atoms with Gasteiger partial charge >= 0.3 is 0 Å². The van der Waals surface area contributed by atoms with Crippen molar-refractivity contribution >= 4 is 11.3 Å². The molecule has 17 heavy (non-hydrogen) atoms. The molecule has 2 rings (SSSR count). The van der Waals surface area contributed by atoms with Crippen LogP contribution in [0.4, 0.5) is 0 Å². The van der Waals surface area contributed by atoms with Crippen molar-refractivity contribution in [2.75, 3.05) is 19.6 Å². The summed E-state index contributed by atoms with van der Waals surface area (Å²) < 4.78 is 0. The van der Waals surface area contributed by atoms with Gasteiger partial charge in [-0.2, -0.15) is 0 Å². The van der Waals surface area contributed by atoms with Crippen LogP contribution in [0.1, 0.15) is 38.1 Å². The second-order valence-corrected chi connectivity index (χ2v) is 6.28. The molecule has 1 aliphatic rings. The van der Waals surface area contributed by atoms with Crippen LogP contribution < -0.4 is 10.6 Å². The van der Waals surface area contributed by atoms with E-state index in [4.69, 9.17) is 0 Å². The van der Waals surface area contributed by atoms with Crippen LogP contribution in [0.2, 0.25) is 0 Å². The number of thiazole rings is 1. The van der Waals surface area contributed by atoms with Crippen LogP contribution in [0.3, 0.4) is 0 Å². The van der Waals surface area contributed by atoms with Gasteiger partial charge in [0, 0.05) is 11.6 Å². The summed E-state index contributed by atoms with van der Waals surface area (Å²) in [5.41, 5.74) is 0.0102. The Hall–Kier alpha value is -0.450. The highest BCUT2D eigenvalue weighted by Crippen LogP contribution is 2.22. The summed E-state index contributed by atoms with van der Waals surface area (Å²) in [5, 5.41) is 10.3. The summed E-state index contributed by atoms with van der Waals surface area (Å²) in [6, 6.07) is 0. The molecular weight excluding hydrogens is 230 g/mol. The lowest BCUT2D eigenvalue weighted by atomic mass is 9.95. The number of rotatable bonds is 5. The highest BCUT2D eigenvalue weighted by atomic mass is 32.1. The van der Waals surface area contributed by atoms with E-state index in [1.807, 2.05) is 11.6 Å². The first-order chi connectivity index (χ1) is 8.18. The van der Waals surface area contributed by atoms with E-state index in [9.17, 15) is 0 Å². The van der Waals surface area contributed by atoms with Crippen molar-refractivity contribution in [1.82, 2.24) is 15.6 Å². The zero-order valence-electron chi connectivity index (χ0n) is 10.8. The van der Waals surface area contributed by atoms with Crippen LogP contribution in [0.5, 0.6) is 0 Å². The molecule has 1 aromatic rings. The molecule has 2 heterocycles. The van der Waals surface area contributed by atoms with Crippen molar-refractivity contribution in [2.45, 2.75) is 38.6 Å². The molecule has 1 saturated heterocycles. The van der Waals surface area contributed by atoms with E-state index in [0.29, 0.717) is 0 Å². The van der Waals surface area contributed by atoms with E-state index in [1.165, 1.54) is 37.4 Å². The van der Waals surface area contributed by atoms with E-state index in [1.54, 1.807) is 11.3 Å². The van der Waals surface area contributed by atoms with Crippen LogP contribution in [0.25, 0.3) is 0 Å². The van der Waals surface area contributed by atoms with Gasteiger partial charge in [0.15, 0.2) is 0 Å². The third-order valence-corrected chi connectivity index (χ3v) is 4.58. The minimum absolute atomic E-state index is 0.0102. The monoisotopic (exact) mass is 253 g/mol. The summed E-state index contributed by atoms with van der Waals surface area (Å²) >= 11 is 1.73. The molecule has 0 radical (unpaired) electrons. The molecule has 1 atom stereocenters. The number of hydrogen-bond acceptors (Lipinski definition) is 4. The first-order valence-electron chi connectivity index (χ1n) is 6.54.